The highest BCUT2D eigenvalue weighted by molar-refractivity contribution is 6.32. The number of nitriles is 1. The molecule has 0 aliphatic carbocycles. The first kappa shape index (κ1) is 12.3. The number of nitrogens with zero attached hydrogens (tertiary/aromatic N) is 2. The molecule has 0 aromatic heterocycles. The summed E-state index contributed by atoms with van der Waals surface area (Å²) in [5, 5.41) is 18.7. The first-order valence-corrected chi connectivity index (χ1v) is 5.72. The second kappa shape index (κ2) is 4.99. The lowest BCUT2D eigenvalue weighted by atomic mass is 10.2. The zero-order chi connectivity index (χ0) is 13.1. The first-order chi connectivity index (χ1) is 8.61. The predicted octanol–water partition coefficient (Wildman–Crippen LogP) is 3.69. The first-order valence-electron chi connectivity index (χ1n) is 5.34. The van der Waals surface area contributed by atoms with Crippen LogP contribution in [0.25, 0.3) is 0 Å². The van der Waals surface area contributed by atoms with Gasteiger partial charge < -0.3 is 10.0 Å². The van der Waals surface area contributed by atoms with Gasteiger partial charge in [-0.1, -0.05) is 17.7 Å². The van der Waals surface area contributed by atoms with Gasteiger partial charge in [0, 0.05) is 24.5 Å². The van der Waals surface area contributed by atoms with Gasteiger partial charge >= 0.3 is 0 Å². The lowest BCUT2D eigenvalue weighted by Crippen LogP contribution is -2.09. The van der Waals surface area contributed by atoms with Crippen molar-refractivity contribution in [1.29, 1.82) is 5.26 Å². The third-order valence-electron chi connectivity index (χ3n) is 2.68. The third-order valence-corrected chi connectivity index (χ3v) is 2.99. The topological polar surface area (TPSA) is 47.3 Å². The van der Waals surface area contributed by atoms with Crippen LogP contribution in [0.4, 0.5) is 11.4 Å². The molecule has 4 heteroatoms. The number of phenols is 1. The average molecular weight is 259 g/mol. The van der Waals surface area contributed by atoms with Crippen molar-refractivity contribution in [2.75, 3.05) is 11.9 Å². The van der Waals surface area contributed by atoms with E-state index in [0.29, 0.717) is 10.6 Å². The second-order valence-corrected chi connectivity index (χ2v) is 4.26. The van der Waals surface area contributed by atoms with Crippen LogP contribution in [-0.2, 0) is 0 Å². The van der Waals surface area contributed by atoms with Crippen LogP contribution in [-0.4, -0.2) is 12.2 Å². The largest absolute Gasteiger partial charge is 0.508 e. The smallest absolute Gasteiger partial charge is 0.117 e. The Kier molecular flexibility index (Phi) is 3.40. The summed E-state index contributed by atoms with van der Waals surface area (Å²) in [5.41, 5.74) is 2.14. The zero-order valence-electron chi connectivity index (χ0n) is 9.76. The summed E-state index contributed by atoms with van der Waals surface area (Å²) in [6, 6.07) is 14.2. The maximum atomic E-state index is 9.45. The van der Waals surface area contributed by atoms with Crippen LogP contribution < -0.4 is 4.90 Å². The van der Waals surface area contributed by atoms with E-state index in [4.69, 9.17) is 16.9 Å². The number of hydrogen-bond acceptors (Lipinski definition) is 3. The van der Waals surface area contributed by atoms with E-state index in [0.717, 1.165) is 11.4 Å². The van der Waals surface area contributed by atoms with Crippen molar-refractivity contribution in [1.82, 2.24) is 0 Å². The number of benzene rings is 2. The molecule has 0 radical (unpaired) electrons. The van der Waals surface area contributed by atoms with Gasteiger partial charge in [-0.05, 0) is 30.3 Å². The van der Waals surface area contributed by atoms with Crippen LogP contribution in [0.5, 0.6) is 5.75 Å². The molecule has 18 heavy (non-hydrogen) atoms. The monoisotopic (exact) mass is 258 g/mol. The van der Waals surface area contributed by atoms with E-state index in [1.54, 1.807) is 30.3 Å². The summed E-state index contributed by atoms with van der Waals surface area (Å²) in [5.74, 6) is 0.207. The minimum Gasteiger partial charge on any atom is -0.508 e. The van der Waals surface area contributed by atoms with E-state index in [1.807, 2.05) is 30.1 Å². The van der Waals surface area contributed by atoms with Gasteiger partial charge in [0.2, 0.25) is 0 Å². The molecule has 0 heterocycles. The SMILES string of the molecule is CN(c1cccc(O)c1)c1ccc(C#N)c(Cl)c1. The maximum Gasteiger partial charge on any atom is 0.117 e. The summed E-state index contributed by atoms with van der Waals surface area (Å²) in [6.07, 6.45) is 0. The fraction of sp³-hybridized carbons (Fsp3) is 0.0714. The predicted molar refractivity (Wildman–Crippen MR) is 72.3 cm³/mol. The number of rotatable bonds is 2. The lowest BCUT2D eigenvalue weighted by molar-refractivity contribution is 0.475. The lowest BCUT2D eigenvalue weighted by Gasteiger charge is -2.20. The van der Waals surface area contributed by atoms with E-state index in [9.17, 15) is 5.11 Å². The molecule has 90 valence electrons. The highest BCUT2D eigenvalue weighted by atomic mass is 35.5. The Morgan fingerprint density at radius 3 is 2.50 bits per heavy atom. The van der Waals surface area contributed by atoms with Crippen LogP contribution in [0.2, 0.25) is 5.02 Å². The van der Waals surface area contributed by atoms with Gasteiger partial charge in [0.1, 0.15) is 11.8 Å². The molecule has 0 amide bonds. The molecule has 3 nitrogen and oxygen atoms in total. The number of halogens is 1. The van der Waals surface area contributed by atoms with Crippen molar-refractivity contribution >= 4 is 23.0 Å². The van der Waals surface area contributed by atoms with E-state index in [1.165, 1.54) is 0 Å². The van der Waals surface area contributed by atoms with E-state index in [-0.39, 0.29) is 5.75 Å². The summed E-state index contributed by atoms with van der Waals surface area (Å²) in [7, 11) is 1.87. The fourth-order valence-electron chi connectivity index (χ4n) is 1.65. The van der Waals surface area contributed by atoms with Gasteiger partial charge in [-0.15, -0.1) is 0 Å². The Hall–Kier alpha value is -2.18. The van der Waals surface area contributed by atoms with Crippen molar-refractivity contribution in [3.8, 4) is 11.8 Å². The van der Waals surface area contributed by atoms with Gasteiger partial charge in [-0.3, -0.25) is 0 Å². The minimum atomic E-state index is 0.207. The van der Waals surface area contributed by atoms with Crippen molar-refractivity contribution in [2.45, 2.75) is 0 Å². The van der Waals surface area contributed by atoms with E-state index >= 15 is 0 Å². The molecule has 1 N–H and O–H groups in total. The summed E-state index contributed by atoms with van der Waals surface area (Å²) >= 11 is 5.99. The van der Waals surface area contributed by atoms with Crippen molar-refractivity contribution < 1.29 is 5.11 Å². The molecule has 0 saturated carbocycles. The minimum absolute atomic E-state index is 0.207. The number of hydrogen-bond donors (Lipinski definition) is 1. The van der Waals surface area contributed by atoms with E-state index < -0.39 is 0 Å². The van der Waals surface area contributed by atoms with Crippen molar-refractivity contribution in [2.24, 2.45) is 0 Å². The molecule has 0 fully saturated rings. The van der Waals surface area contributed by atoms with Crippen LogP contribution >= 0.6 is 11.6 Å². The molecular weight excluding hydrogens is 248 g/mol. The highest BCUT2D eigenvalue weighted by Gasteiger charge is 2.07. The van der Waals surface area contributed by atoms with Crippen molar-refractivity contribution in [3.05, 3.63) is 53.1 Å². The van der Waals surface area contributed by atoms with Crippen LogP contribution in [0.3, 0.4) is 0 Å². The Morgan fingerprint density at radius 1 is 1.17 bits per heavy atom. The Bertz CT molecular complexity index is 619. The molecule has 2 rings (SSSR count). The Morgan fingerprint density at radius 2 is 1.89 bits per heavy atom. The van der Waals surface area contributed by atoms with Gasteiger partial charge in [0.15, 0.2) is 0 Å². The molecule has 0 spiro atoms. The third kappa shape index (κ3) is 2.39. The van der Waals surface area contributed by atoms with Gasteiger partial charge in [0.05, 0.1) is 10.6 Å². The van der Waals surface area contributed by atoms with Crippen LogP contribution in [0.15, 0.2) is 42.5 Å². The van der Waals surface area contributed by atoms with Crippen molar-refractivity contribution in [3.63, 3.8) is 0 Å². The van der Waals surface area contributed by atoms with Gasteiger partial charge in [0.25, 0.3) is 0 Å². The Balaban J connectivity index is 2.38. The second-order valence-electron chi connectivity index (χ2n) is 3.85. The summed E-state index contributed by atoms with van der Waals surface area (Å²) in [4.78, 5) is 1.88. The number of aromatic hydroxyl groups is 1. The number of anilines is 2. The molecule has 0 aliphatic rings. The van der Waals surface area contributed by atoms with Crippen LogP contribution in [0.1, 0.15) is 5.56 Å². The zero-order valence-corrected chi connectivity index (χ0v) is 10.5. The van der Waals surface area contributed by atoms with Gasteiger partial charge in [-0.25, -0.2) is 0 Å². The van der Waals surface area contributed by atoms with Gasteiger partial charge in [-0.2, -0.15) is 5.26 Å². The molecular formula is C14H11ClN2O. The molecule has 0 bridgehead atoms. The number of phenolic OH excluding ortho intramolecular Hbond substituents is 1. The van der Waals surface area contributed by atoms with Crippen LogP contribution in [0, 0.1) is 11.3 Å². The summed E-state index contributed by atoms with van der Waals surface area (Å²) < 4.78 is 0. The standard InChI is InChI=1S/C14H11ClN2O/c1-17(11-3-2-4-13(18)7-11)12-6-5-10(9-16)14(15)8-12/h2-8,18H,1H3. The normalized spacial score (nSPS) is 9.83. The maximum absolute atomic E-state index is 9.45. The molecule has 2 aromatic rings. The Labute approximate surface area is 110 Å². The molecule has 0 aliphatic heterocycles. The molecule has 0 atom stereocenters. The average Bonchev–Trinajstić information content (AvgIpc) is 2.37. The molecule has 0 unspecified atom stereocenters. The van der Waals surface area contributed by atoms with E-state index in [2.05, 4.69) is 0 Å². The molecule has 0 saturated heterocycles. The molecule has 2 aromatic carbocycles. The summed E-state index contributed by atoms with van der Waals surface area (Å²) in [6.45, 7) is 0. The fourth-order valence-corrected chi connectivity index (χ4v) is 1.87. The highest BCUT2D eigenvalue weighted by Crippen LogP contribution is 2.29. The quantitative estimate of drug-likeness (QED) is 0.894.